The number of carbonyl (C=O) groups excluding carboxylic acids is 1. The molecule has 1 aromatic heterocycles. The average molecular weight is 270 g/mol. The first kappa shape index (κ1) is 13.4. The lowest BCUT2D eigenvalue weighted by atomic mass is 9.98. The van der Waals surface area contributed by atoms with Gasteiger partial charge in [-0.1, -0.05) is 11.6 Å². The largest absolute Gasteiger partial charge is 0.350 e. The quantitative estimate of drug-likeness (QED) is 0.877. The van der Waals surface area contributed by atoms with Gasteiger partial charge in [0.15, 0.2) is 0 Å². The van der Waals surface area contributed by atoms with E-state index in [1.54, 1.807) is 12.3 Å². The maximum absolute atomic E-state index is 12.1. The van der Waals surface area contributed by atoms with Gasteiger partial charge in [-0.25, -0.2) is 0 Å². The van der Waals surface area contributed by atoms with Crippen LogP contribution in [0.5, 0.6) is 0 Å². The molecule has 1 fully saturated rings. The van der Waals surface area contributed by atoms with Crippen LogP contribution in [0.4, 0.5) is 0 Å². The summed E-state index contributed by atoms with van der Waals surface area (Å²) in [6.45, 7) is 5.62. The van der Waals surface area contributed by atoms with Crippen molar-refractivity contribution in [2.75, 3.05) is 19.6 Å². The van der Waals surface area contributed by atoms with Crippen molar-refractivity contribution >= 4 is 17.5 Å². The summed E-state index contributed by atoms with van der Waals surface area (Å²) >= 11 is 5.93. The van der Waals surface area contributed by atoms with Crippen LogP contribution in [0.15, 0.2) is 12.3 Å². The fraction of sp³-hybridized carbons (Fsp3) is 0.615. The molecule has 0 bridgehead atoms. The fourth-order valence-corrected chi connectivity index (χ4v) is 2.56. The maximum atomic E-state index is 12.1. The standard InChI is InChI=1S/C13H20ClN3O/c1-2-17-9-11(14)7-12(17)13(18)16-8-10-3-5-15-6-4-10/h7,9-10,15H,2-6,8H2,1H3,(H,16,18). The summed E-state index contributed by atoms with van der Waals surface area (Å²) in [6.07, 6.45) is 4.06. The molecule has 1 saturated heterocycles. The summed E-state index contributed by atoms with van der Waals surface area (Å²) in [4.78, 5) is 12.1. The molecule has 0 unspecified atom stereocenters. The molecule has 0 aromatic carbocycles. The molecule has 1 amide bonds. The molecule has 100 valence electrons. The summed E-state index contributed by atoms with van der Waals surface area (Å²) in [5.41, 5.74) is 0.649. The number of aryl methyl sites for hydroxylation is 1. The van der Waals surface area contributed by atoms with Crippen LogP contribution in [0.25, 0.3) is 0 Å². The van der Waals surface area contributed by atoms with E-state index in [-0.39, 0.29) is 5.91 Å². The molecule has 0 radical (unpaired) electrons. The molecule has 0 aliphatic carbocycles. The highest BCUT2D eigenvalue weighted by atomic mass is 35.5. The molecule has 4 nitrogen and oxygen atoms in total. The number of piperidine rings is 1. The van der Waals surface area contributed by atoms with Gasteiger partial charge in [0.2, 0.25) is 0 Å². The Labute approximate surface area is 113 Å². The molecule has 0 saturated carbocycles. The Morgan fingerprint density at radius 1 is 1.56 bits per heavy atom. The van der Waals surface area contributed by atoms with E-state index in [9.17, 15) is 4.79 Å². The second-order valence-corrected chi connectivity index (χ2v) is 5.17. The fourth-order valence-electron chi connectivity index (χ4n) is 2.34. The highest BCUT2D eigenvalue weighted by Gasteiger charge is 2.16. The van der Waals surface area contributed by atoms with E-state index in [1.165, 1.54) is 0 Å². The highest BCUT2D eigenvalue weighted by Crippen LogP contribution is 2.15. The Bertz CT molecular complexity index is 410. The predicted molar refractivity (Wildman–Crippen MR) is 73.0 cm³/mol. The smallest absolute Gasteiger partial charge is 0.267 e. The summed E-state index contributed by atoms with van der Waals surface area (Å²) in [7, 11) is 0. The lowest BCUT2D eigenvalue weighted by Crippen LogP contribution is -2.36. The molecule has 0 spiro atoms. The Morgan fingerprint density at radius 2 is 2.28 bits per heavy atom. The van der Waals surface area contributed by atoms with Gasteiger partial charge in [0.05, 0.1) is 5.02 Å². The zero-order valence-electron chi connectivity index (χ0n) is 10.7. The number of nitrogens with zero attached hydrogens (tertiary/aromatic N) is 1. The first-order valence-electron chi connectivity index (χ1n) is 6.55. The van der Waals surface area contributed by atoms with Crippen LogP contribution in [0, 0.1) is 5.92 Å². The van der Waals surface area contributed by atoms with Gasteiger partial charge in [0.1, 0.15) is 5.69 Å². The van der Waals surface area contributed by atoms with Crippen LogP contribution < -0.4 is 10.6 Å². The third-order valence-corrected chi connectivity index (χ3v) is 3.65. The molecule has 2 heterocycles. The van der Waals surface area contributed by atoms with Gasteiger partial charge in [-0.05, 0) is 44.8 Å². The zero-order chi connectivity index (χ0) is 13.0. The summed E-state index contributed by atoms with van der Waals surface area (Å²) in [5.74, 6) is 0.568. The van der Waals surface area contributed by atoms with Crippen LogP contribution in [0.3, 0.4) is 0 Å². The van der Waals surface area contributed by atoms with Crippen molar-refractivity contribution in [3.63, 3.8) is 0 Å². The monoisotopic (exact) mass is 269 g/mol. The zero-order valence-corrected chi connectivity index (χ0v) is 11.5. The van der Waals surface area contributed by atoms with Crippen molar-refractivity contribution in [2.24, 2.45) is 5.92 Å². The van der Waals surface area contributed by atoms with Gasteiger partial charge < -0.3 is 15.2 Å². The Balaban J connectivity index is 1.90. The number of halogens is 1. The van der Waals surface area contributed by atoms with Crippen molar-refractivity contribution < 1.29 is 4.79 Å². The number of hydrogen-bond acceptors (Lipinski definition) is 2. The molecule has 2 N–H and O–H groups in total. The molecule has 1 aliphatic heterocycles. The van der Waals surface area contributed by atoms with Gasteiger partial charge in [-0.15, -0.1) is 0 Å². The highest BCUT2D eigenvalue weighted by molar-refractivity contribution is 6.31. The van der Waals surface area contributed by atoms with E-state index in [0.29, 0.717) is 16.6 Å². The van der Waals surface area contributed by atoms with E-state index in [4.69, 9.17) is 11.6 Å². The number of nitrogens with one attached hydrogen (secondary N) is 2. The molecule has 18 heavy (non-hydrogen) atoms. The number of hydrogen-bond donors (Lipinski definition) is 2. The van der Waals surface area contributed by atoms with Gasteiger partial charge in [-0.3, -0.25) is 4.79 Å². The second-order valence-electron chi connectivity index (χ2n) is 4.73. The third kappa shape index (κ3) is 3.27. The molecule has 1 aliphatic rings. The first-order valence-corrected chi connectivity index (χ1v) is 6.93. The second kappa shape index (κ2) is 6.25. The normalized spacial score (nSPS) is 16.8. The Morgan fingerprint density at radius 3 is 2.94 bits per heavy atom. The van der Waals surface area contributed by atoms with E-state index in [0.717, 1.165) is 39.0 Å². The van der Waals surface area contributed by atoms with Crippen LogP contribution in [0.1, 0.15) is 30.3 Å². The number of rotatable bonds is 4. The van der Waals surface area contributed by atoms with Gasteiger partial charge in [0, 0.05) is 19.3 Å². The van der Waals surface area contributed by atoms with Gasteiger partial charge in [-0.2, -0.15) is 0 Å². The van der Waals surface area contributed by atoms with Crippen molar-refractivity contribution in [1.82, 2.24) is 15.2 Å². The molecular formula is C13H20ClN3O. The van der Waals surface area contributed by atoms with E-state index in [1.807, 2.05) is 11.5 Å². The molecule has 2 rings (SSSR count). The summed E-state index contributed by atoms with van der Waals surface area (Å²) in [6, 6.07) is 1.73. The third-order valence-electron chi connectivity index (χ3n) is 3.45. The molecular weight excluding hydrogens is 250 g/mol. The first-order chi connectivity index (χ1) is 8.70. The predicted octanol–water partition coefficient (Wildman–Crippen LogP) is 1.89. The van der Waals surface area contributed by atoms with Crippen molar-refractivity contribution in [3.05, 3.63) is 23.0 Å². The van der Waals surface area contributed by atoms with Gasteiger partial charge in [0.25, 0.3) is 5.91 Å². The lowest BCUT2D eigenvalue weighted by Gasteiger charge is -2.22. The SMILES string of the molecule is CCn1cc(Cl)cc1C(=O)NCC1CCNCC1. The van der Waals surface area contributed by atoms with Crippen LogP contribution in [-0.4, -0.2) is 30.1 Å². The minimum atomic E-state index is -0.0257. The van der Waals surface area contributed by atoms with Gasteiger partial charge >= 0.3 is 0 Å². The minimum Gasteiger partial charge on any atom is -0.350 e. The molecule has 1 aromatic rings. The maximum Gasteiger partial charge on any atom is 0.267 e. The number of amides is 1. The lowest BCUT2D eigenvalue weighted by molar-refractivity contribution is 0.0935. The minimum absolute atomic E-state index is 0.0257. The summed E-state index contributed by atoms with van der Waals surface area (Å²) < 4.78 is 1.88. The number of carbonyl (C=O) groups is 1. The van der Waals surface area contributed by atoms with Crippen LogP contribution in [-0.2, 0) is 6.54 Å². The van der Waals surface area contributed by atoms with E-state index >= 15 is 0 Å². The molecule has 0 atom stereocenters. The van der Waals surface area contributed by atoms with E-state index < -0.39 is 0 Å². The van der Waals surface area contributed by atoms with Crippen LogP contribution in [0.2, 0.25) is 5.02 Å². The Kier molecular flexibility index (Phi) is 4.66. The topological polar surface area (TPSA) is 46.1 Å². The van der Waals surface area contributed by atoms with E-state index in [2.05, 4.69) is 10.6 Å². The van der Waals surface area contributed by atoms with Crippen molar-refractivity contribution in [1.29, 1.82) is 0 Å². The van der Waals surface area contributed by atoms with Crippen molar-refractivity contribution in [3.8, 4) is 0 Å². The Hall–Kier alpha value is -1.00. The van der Waals surface area contributed by atoms with Crippen molar-refractivity contribution in [2.45, 2.75) is 26.3 Å². The van der Waals surface area contributed by atoms with Crippen LogP contribution >= 0.6 is 11.6 Å². The number of aromatic nitrogens is 1. The summed E-state index contributed by atoms with van der Waals surface area (Å²) in [5, 5.41) is 6.95. The molecule has 5 heteroatoms. The average Bonchev–Trinajstić information content (AvgIpc) is 2.78.